The highest BCUT2D eigenvalue weighted by Crippen LogP contribution is 2.38. The van der Waals surface area contributed by atoms with E-state index in [1.165, 1.54) is 0 Å². The van der Waals surface area contributed by atoms with Gasteiger partial charge in [0.1, 0.15) is 29.7 Å². The van der Waals surface area contributed by atoms with Crippen LogP contribution in [0.4, 0.5) is 27.6 Å². The van der Waals surface area contributed by atoms with Gasteiger partial charge in [-0.25, -0.2) is 18.2 Å². The first kappa shape index (κ1) is 25.6. The highest BCUT2D eigenvalue weighted by molar-refractivity contribution is 6.34. The molecule has 14 heteroatoms. The Balaban J connectivity index is 0.00000363. The van der Waals surface area contributed by atoms with Crippen LogP contribution in [-0.4, -0.2) is 43.0 Å². The van der Waals surface area contributed by atoms with E-state index in [1.807, 2.05) is 0 Å². The van der Waals surface area contributed by atoms with Gasteiger partial charge in [-0.15, -0.1) is 12.4 Å². The number of aliphatic imine (C=N–C) groups is 1. The molecule has 0 aliphatic carbocycles. The minimum Gasteiger partial charge on any atom is -0.433 e. The lowest BCUT2D eigenvalue weighted by Crippen LogP contribution is -2.45. The van der Waals surface area contributed by atoms with Crippen molar-refractivity contribution in [1.29, 1.82) is 0 Å². The fourth-order valence-electron chi connectivity index (χ4n) is 2.88. The Bertz CT molecular complexity index is 1030. The fourth-order valence-corrected chi connectivity index (χ4v) is 3.12. The molecule has 0 fully saturated rings. The van der Waals surface area contributed by atoms with Crippen molar-refractivity contribution in [3.05, 3.63) is 52.6 Å². The number of carbonyl (C=O) groups is 1. The molecule has 3 N–H and O–H groups in total. The molecule has 1 aromatic carbocycles. The molecule has 0 saturated carbocycles. The van der Waals surface area contributed by atoms with Gasteiger partial charge in [-0.2, -0.15) is 8.78 Å². The van der Waals surface area contributed by atoms with E-state index >= 15 is 0 Å². The van der Waals surface area contributed by atoms with Gasteiger partial charge in [-0.05, 0) is 18.2 Å². The molecule has 2 heterocycles. The second-order valence-electron chi connectivity index (χ2n) is 6.35. The van der Waals surface area contributed by atoms with Gasteiger partial charge in [0.2, 0.25) is 0 Å². The zero-order valence-corrected chi connectivity index (χ0v) is 17.4. The molecule has 1 aromatic heterocycles. The number of nitrogens with one attached hydrogen (secondary N) is 1. The van der Waals surface area contributed by atoms with E-state index < -0.39 is 42.5 Å². The van der Waals surface area contributed by atoms with Crippen LogP contribution < -0.4 is 15.8 Å². The van der Waals surface area contributed by atoms with E-state index in [0.29, 0.717) is 0 Å². The predicted octanol–water partition coefficient (Wildman–Crippen LogP) is 4.00. The molecule has 3 rings (SSSR count). The Kier molecular flexibility index (Phi) is 8.21. The number of amidine groups is 1. The molecule has 1 aliphatic rings. The van der Waals surface area contributed by atoms with Crippen LogP contribution in [-0.2, 0) is 10.3 Å². The van der Waals surface area contributed by atoms with Gasteiger partial charge in [-0.3, -0.25) is 9.79 Å². The molecule has 1 amide bonds. The molecular formula is C18H15Cl2F5N4O3. The predicted molar refractivity (Wildman–Crippen MR) is 108 cm³/mol. The summed E-state index contributed by atoms with van der Waals surface area (Å²) in [4.78, 5) is 19.8. The van der Waals surface area contributed by atoms with E-state index in [-0.39, 0.29) is 47.0 Å². The molecule has 7 nitrogen and oxygen atoms in total. The number of pyridine rings is 1. The van der Waals surface area contributed by atoms with Crippen molar-refractivity contribution < 1.29 is 36.2 Å². The number of hydrogen-bond donors (Lipinski definition) is 2. The van der Waals surface area contributed by atoms with Gasteiger partial charge in [0.05, 0.1) is 17.8 Å². The third-order valence-corrected chi connectivity index (χ3v) is 4.51. The highest BCUT2D eigenvalue weighted by Gasteiger charge is 2.46. The van der Waals surface area contributed by atoms with Crippen molar-refractivity contribution in [3.8, 4) is 5.75 Å². The van der Waals surface area contributed by atoms with E-state index in [2.05, 4.69) is 20.0 Å². The van der Waals surface area contributed by atoms with Crippen molar-refractivity contribution in [2.45, 2.75) is 18.6 Å². The van der Waals surface area contributed by atoms with E-state index in [0.717, 1.165) is 30.5 Å². The van der Waals surface area contributed by atoms with Crippen molar-refractivity contribution in [1.82, 2.24) is 4.98 Å². The second-order valence-corrected chi connectivity index (χ2v) is 6.76. The number of halogens is 7. The number of nitrogens with zero attached hydrogens (tertiary/aromatic N) is 2. The molecule has 1 atom stereocenters. The molecule has 2 aromatic rings. The number of anilines is 1. The first-order valence-electron chi connectivity index (χ1n) is 8.54. The first-order chi connectivity index (χ1) is 14.6. The summed E-state index contributed by atoms with van der Waals surface area (Å²) in [6.07, 6.45) is -2.31. The average molecular weight is 501 g/mol. The van der Waals surface area contributed by atoms with Gasteiger partial charge >= 0.3 is 6.61 Å². The summed E-state index contributed by atoms with van der Waals surface area (Å²) in [5, 5.41) is 2.02. The second kappa shape index (κ2) is 10.3. The van der Waals surface area contributed by atoms with Gasteiger partial charge in [-0.1, -0.05) is 11.6 Å². The highest BCUT2D eigenvalue weighted by atomic mass is 35.5. The first-order valence-corrected chi connectivity index (χ1v) is 8.92. The summed E-state index contributed by atoms with van der Waals surface area (Å²) < 4.78 is 75.8. The molecule has 0 bridgehead atoms. The summed E-state index contributed by atoms with van der Waals surface area (Å²) in [6.45, 7) is -3.92. The lowest BCUT2D eigenvalue weighted by molar-refractivity contribution is -0.0500. The van der Waals surface area contributed by atoms with Crippen LogP contribution in [0, 0.1) is 5.82 Å². The monoisotopic (exact) mass is 500 g/mol. The summed E-state index contributed by atoms with van der Waals surface area (Å²) >= 11 is 5.88. The zero-order chi connectivity index (χ0) is 22.8. The molecule has 1 aliphatic heterocycles. The van der Waals surface area contributed by atoms with Crippen LogP contribution in [0.3, 0.4) is 0 Å². The fraction of sp³-hybridized carbons (Fsp3) is 0.278. The topological polar surface area (TPSA) is 98.8 Å². The van der Waals surface area contributed by atoms with Crippen LogP contribution in [0.25, 0.3) is 0 Å². The summed E-state index contributed by atoms with van der Waals surface area (Å²) in [7, 11) is 0. The maximum Gasteiger partial charge on any atom is 0.387 e. The Hall–Kier alpha value is -2.70. The van der Waals surface area contributed by atoms with Gasteiger partial charge in [0.15, 0.2) is 5.54 Å². The number of rotatable bonds is 6. The minimum absolute atomic E-state index is 0. The number of carbonyl (C=O) groups excluding carboxylic acids is 1. The summed E-state index contributed by atoms with van der Waals surface area (Å²) in [5.74, 6) is -2.51. The lowest BCUT2D eigenvalue weighted by atomic mass is 9.90. The van der Waals surface area contributed by atoms with Crippen LogP contribution in [0.1, 0.15) is 16.1 Å². The number of aromatic nitrogens is 1. The van der Waals surface area contributed by atoms with Gasteiger partial charge in [0.25, 0.3) is 12.3 Å². The SMILES string of the molecule is Cl.NC1=N[C@@](c2cc(NC(=O)c3ncc(OC(F)F)cc3Cl)ccc2F)(C(F)F)COC1. The molecule has 0 spiro atoms. The third-order valence-electron chi connectivity index (χ3n) is 4.22. The Morgan fingerprint density at radius 3 is 2.59 bits per heavy atom. The number of nitrogens with two attached hydrogens (primary N) is 1. The maximum absolute atomic E-state index is 14.4. The number of hydrogen-bond acceptors (Lipinski definition) is 6. The molecular weight excluding hydrogens is 486 g/mol. The van der Waals surface area contributed by atoms with E-state index in [9.17, 15) is 26.7 Å². The van der Waals surface area contributed by atoms with Crippen molar-refractivity contribution >= 4 is 41.4 Å². The van der Waals surface area contributed by atoms with Gasteiger partial charge in [0, 0.05) is 17.3 Å². The smallest absolute Gasteiger partial charge is 0.387 e. The van der Waals surface area contributed by atoms with Gasteiger partial charge < -0.3 is 20.5 Å². The number of amides is 1. The van der Waals surface area contributed by atoms with Crippen molar-refractivity contribution in [3.63, 3.8) is 0 Å². The van der Waals surface area contributed by atoms with Crippen molar-refractivity contribution in [2.24, 2.45) is 10.7 Å². The average Bonchev–Trinajstić information content (AvgIpc) is 2.68. The molecule has 0 unspecified atom stereocenters. The maximum atomic E-state index is 14.4. The van der Waals surface area contributed by atoms with E-state index in [4.69, 9.17) is 22.1 Å². The number of ether oxygens (including phenoxy) is 2. The lowest BCUT2D eigenvalue weighted by Gasteiger charge is -2.33. The molecule has 0 saturated heterocycles. The van der Waals surface area contributed by atoms with Crippen LogP contribution in [0.5, 0.6) is 5.75 Å². The largest absolute Gasteiger partial charge is 0.433 e. The Labute approximate surface area is 189 Å². The van der Waals surface area contributed by atoms with Crippen LogP contribution >= 0.6 is 24.0 Å². The van der Waals surface area contributed by atoms with Crippen molar-refractivity contribution in [2.75, 3.05) is 18.5 Å². The number of alkyl halides is 4. The summed E-state index contributed by atoms with van der Waals surface area (Å²) in [6, 6.07) is 3.90. The standard InChI is InChI=1S/C18H14ClF5N4O3.ClH/c19-11-4-9(31-17(23)24)5-26-14(11)15(29)27-8-1-2-12(20)10(3-8)18(16(21)22)7-30-6-13(25)28-18;/h1-5,16-17H,6-7H2,(H2,25,28)(H,27,29);1H/t18-;/m0./s1. The molecule has 32 heavy (non-hydrogen) atoms. The molecule has 0 radical (unpaired) electrons. The summed E-state index contributed by atoms with van der Waals surface area (Å²) in [5.41, 5.74) is 2.14. The zero-order valence-electron chi connectivity index (χ0n) is 15.8. The Morgan fingerprint density at radius 2 is 2.00 bits per heavy atom. The molecule has 174 valence electrons. The quantitative estimate of drug-likeness (QED) is 0.584. The number of benzene rings is 1. The van der Waals surface area contributed by atoms with Crippen LogP contribution in [0.15, 0.2) is 35.5 Å². The third kappa shape index (κ3) is 5.37. The minimum atomic E-state index is -3.16. The van der Waals surface area contributed by atoms with E-state index in [1.54, 1.807) is 0 Å². The normalized spacial score (nSPS) is 18.2. The van der Waals surface area contributed by atoms with Crippen LogP contribution in [0.2, 0.25) is 5.02 Å². The Morgan fingerprint density at radius 1 is 1.28 bits per heavy atom.